The van der Waals surface area contributed by atoms with Crippen LogP contribution in [-0.2, 0) is 6.54 Å². The number of halogens is 1. The number of rotatable bonds is 5. The molecule has 5 nitrogen and oxygen atoms in total. The number of guanidine groups is 1. The Morgan fingerprint density at radius 3 is 2.83 bits per heavy atom. The predicted molar refractivity (Wildman–Crippen MR) is 104 cm³/mol. The lowest BCUT2D eigenvalue weighted by Crippen LogP contribution is -2.39. The Labute approximate surface area is 154 Å². The Kier molecular flexibility index (Phi) is 6.44. The zero-order valence-corrected chi connectivity index (χ0v) is 15.9. The smallest absolute Gasteiger partial charge is 0.191 e. The summed E-state index contributed by atoms with van der Waals surface area (Å²) in [5.41, 5.74) is 2.31. The second kappa shape index (κ2) is 8.33. The second-order valence-corrected chi connectivity index (χ2v) is 5.76. The van der Waals surface area contributed by atoms with Gasteiger partial charge in [-0.15, -0.1) is 24.0 Å². The van der Waals surface area contributed by atoms with Crippen LogP contribution in [0.1, 0.15) is 25.8 Å². The highest BCUT2D eigenvalue weighted by Crippen LogP contribution is 2.28. The monoisotopic (exact) mass is 425 g/mol. The molecule has 3 rings (SSSR count). The summed E-state index contributed by atoms with van der Waals surface area (Å²) in [4.78, 5) is 8.85. The lowest BCUT2D eigenvalue weighted by molar-refractivity contribution is 0.766. The van der Waals surface area contributed by atoms with Crippen molar-refractivity contribution in [2.75, 3.05) is 6.54 Å². The maximum absolute atomic E-state index is 4.73. The minimum atomic E-state index is 0. The van der Waals surface area contributed by atoms with E-state index in [4.69, 9.17) is 4.99 Å². The molecule has 0 spiro atoms. The van der Waals surface area contributed by atoms with E-state index in [1.54, 1.807) is 6.20 Å². The number of para-hydroxylation sites is 1. The van der Waals surface area contributed by atoms with E-state index in [1.165, 1.54) is 12.0 Å². The summed E-state index contributed by atoms with van der Waals surface area (Å²) >= 11 is 0. The van der Waals surface area contributed by atoms with Gasteiger partial charge in [-0.3, -0.25) is 0 Å². The summed E-state index contributed by atoms with van der Waals surface area (Å²) in [6, 6.07) is 8.87. The molecular formula is C17H24IN5. The lowest BCUT2D eigenvalue weighted by atomic mass is 10.2. The van der Waals surface area contributed by atoms with Gasteiger partial charge in [0.15, 0.2) is 5.96 Å². The maximum Gasteiger partial charge on any atom is 0.191 e. The summed E-state index contributed by atoms with van der Waals surface area (Å²) < 4.78 is 2.02. The van der Waals surface area contributed by atoms with Crippen LogP contribution in [0.4, 0.5) is 0 Å². The first-order chi connectivity index (χ1) is 10.8. The summed E-state index contributed by atoms with van der Waals surface area (Å²) in [6.07, 6.45) is 6.80. The molecule has 2 aromatic rings. The van der Waals surface area contributed by atoms with Crippen molar-refractivity contribution in [1.29, 1.82) is 0 Å². The van der Waals surface area contributed by atoms with E-state index in [1.807, 2.05) is 23.2 Å². The minimum absolute atomic E-state index is 0. The number of imidazole rings is 1. The Hall–Kier alpha value is -1.57. The predicted octanol–water partition coefficient (Wildman–Crippen LogP) is 2.95. The third-order valence-corrected chi connectivity index (χ3v) is 3.96. The minimum Gasteiger partial charge on any atom is -0.357 e. The van der Waals surface area contributed by atoms with Crippen molar-refractivity contribution >= 4 is 29.9 Å². The molecule has 2 atom stereocenters. The SMILES string of the molecule is CCNC(=NCc1ccccc1-n1ccnc1)NC1CC1C.I. The highest BCUT2D eigenvalue weighted by Gasteiger charge is 2.33. The van der Waals surface area contributed by atoms with Crippen LogP contribution in [-0.4, -0.2) is 28.1 Å². The summed E-state index contributed by atoms with van der Waals surface area (Å²) in [7, 11) is 0. The Balaban J connectivity index is 0.00000192. The first kappa shape index (κ1) is 17.8. The highest BCUT2D eigenvalue weighted by molar-refractivity contribution is 14.0. The molecule has 1 aromatic heterocycles. The molecule has 1 saturated carbocycles. The van der Waals surface area contributed by atoms with Crippen LogP contribution in [0, 0.1) is 5.92 Å². The fourth-order valence-corrected chi connectivity index (χ4v) is 2.48. The zero-order chi connectivity index (χ0) is 15.4. The Morgan fingerprint density at radius 2 is 2.17 bits per heavy atom. The molecule has 0 saturated heterocycles. The number of hydrogen-bond acceptors (Lipinski definition) is 2. The van der Waals surface area contributed by atoms with Crippen molar-refractivity contribution in [3.8, 4) is 5.69 Å². The standard InChI is InChI=1S/C17H23N5.HI/c1-3-19-17(21-15-10-13(15)2)20-11-14-6-4-5-7-16(14)22-9-8-18-12-22;/h4-9,12-13,15H,3,10-11H2,1-2H3,(H2,19,20,21);1H. The Morgan fingerprint density at radius 1 is 1.39 bits per heavy atom. The van der Waals surface area contributed by atoms with E-state index >= 15 is 0 Å². The maximum atomic E-state index is 4.73. The van der Waals surface area contributed by atoms with Gasteiger partial charge in [0.05, 0.1) is 18.6 Å². The third kappa shape index (κ3) is 4.70. The fourth-order valence-electron chi connectivity index (χ4n) is 2.48. The average Bonchev–Trinajstić information content (AvgIpc) is 3.02. The molecule has 6 heteroatoms. The van der Waals surface area contributed by atoms with Gasteiger partial charge in [0.2, 0.25) is 0 Å². The van der Waals surface area contributed by atoms with Gasteiger partial charge in [-0.05, 0) is 30.9 Å². The molecule has 0 bridgehead atoms. The van der Waals surface area contributed by atoms with E-state index in [0.29, 0.717) is 12.6 Å². The van der Waals surface area contributed by atoms with Crippen molar-refractivity contribution in [3.63, 3.8) is 0 Å². The lowest BCUT2D eigenvalue weighted by Gasteiger charge is -2.12. The van der Waals surface area contributed by atoms with E-state index in [2.05, 4.69) is 47.7 Å². The van der Waals surface area contributed by atoms with E-state index in [9.17, 15) is 0 Å². The highest BCUT2D eigenvalue weighted by atomic mass is 127. The fraction of sp³-hybridized carbons (Fsp3) is 0.412. The third-order valence-electron chi connectivity index (χ3n) is 3.96. The molecule has 1 heterocycles. The molecule has 0 aliphatic heterocycles. The molecule has 1 aromatic carbocycles. The molecule has 124 valence electrons. The van der Waals surface area contributed by atoms with Gasteiger partial charge in [0, 0.05) is 25.0 Å². The molecule has 2 unspecified atom stereocenters. The molecule has 0 radical (unpaired) electrons. The van der Waals surface area contributed by atoms with Crippen LogP contribution in [0.25, 0.3) is 5.69 Å². The largest absolute Gasteiger partial charge is 0.357 e. The van der Waals surface area contributed by atoms with E-state index in [-0.39, 0.29) is 24.0 Å². The number of nitrogens with zero attached hydrogens (tertiary/aromatic N) is 3. The van der Waals surface area contributed by atoms with Crippen molar-refractivity contribution in [1.82, 2.24) is 20.2 Å². The number of aromatic nitrogens is 2. The molecule has 23 heavy (non-hydrogen) atoms. The van der Waals surface area contributed by atoms with Crippen LogP contribution >= 0.6 is 24.0 Å². The van der Waals surface area contributed by atoms with Crippen LogP contribution in [0.5, 0.6) is 0 Å². The quantitative estimate of drug-likeness (QED) is 0.440. The molecular weight excluding hydrogens is 401 g/mol. The van der Waals surface area contributed by atoms with Crippen molar-refractivity contribution in [2.45, 2.75) is 32.9 Å². The second-order valence-electron chi connectivity index (χ2n) is 5.76. The number of hydrogen-bond donors (Lipinski definition) is 2. The molecule has 0 amide bonds. The average molecular weight is 425 g/mol. The summed E-state index contributed by atoms with van der Waals surface area (Å²) in [5.74, 6) is 1.65. The number of nitrogens with one attached hydrogen (secondary N) is 2. The van der Waals surface area contributed by atoms with Gasteiger partial charge in [-0.1, -0.05) is 25.1 Å². The van der Waals surface area contributed by atoms with Gasteiger partial charge in [0.1, 0.15) is 0 Å². The van der Waals surface area contributed by atoms with Crippen LogP contribution in [0.15, 0.2) is 48.0 Å². The van der Waals surface area contributed by atoms with Gasteiger partial charge < -0.3 is 15.2 Å². The number of benzene rings is 1. The first-order valence-corrected chi connectivity index (χ1v) is 7.89. The van der Waals surface area contributed by atoms with Crippen molar-refractivity contribution < 1.29 is 0 Å². The molecule has 1 fully saturated rings. The summed E-state index contributed by atoms with van der Waals surface area (Å²) in [5, 5.41) is 6.80. The van der Waals surface area contributed by atoms with Gasteiger partial charge in [0.25, 0.3) is 0 Å². The number of aliphatic imine (C=N–C) groups is 1. The van der Waals surface area contributed by atoms with Crippen molar-refractivity contribution in [3.05, 3.63) is 48.5 Å². The molecule has 1 aliphatic carbocycles. The van der Waals surface area contributed by atoms with Gasteiger partial charge >= 0.3 is 0 Å². The van der Waals surface area contributed by atoms with Crippen LogP contribution in [0.3, 0.4) is 0 Å². The zero-order valence-electron chi connectivity index (χ0n) is 13.6. The van der Waals surface area contributed by atoms with Crippen molar-refractivity contribution in [2.24, 2.45) is 10.9 Å². The topological polar surface area (TPSA) is 54.2 Å². The molecule has 1 aliphatic rings. The normalized spacial score (nSPS) is 19.8. The van der Waals surface area contributed by atoms with Crippen LogP contribution in [0.2, 0.25) is 0 Å². The van der Waals surface area contributed by atoms with Crippen LogP contribution < -0.4 is 10.6 Å². The first-order valence-electron chi connectivity index (χ1n) is 7.89. The summed E-state index contributed by atoms with van der Waals surface area (Å²) in [6.45, 7) is 5.86. The van der Waals surface area contributed by atoms with E-state index < -0.39 is 0 Å². The molecule has 2 N–H and O–H groups in total. The Bertz CT molecular complexity index is 638. The van der Waals surface area contributed by atoms with Gasteiger partial charge in [-0.25, -0.2) is 9.98 Å². The van der Waals surface area contributed by atoms with E-state index in [0.717, 1.165) is 24.1 Å². The van der Waals surface area contributed by atoms with Gasteiger partial charge in [-0.2, -0.15) is 0 Å².